The number of carbonyl (C=O) groups excluding carboxylic acids is 2. The van der Waals surface area contributed by atoms with Gasteiger partial charge in [-0.2, -0.15) is 0 Å². The molecular weight excluding hydrogens is 266 g/mol. The molecule has 1 saturated heterocycles. The number of hydrogen-bond donors (Lipinski definition) is 1. The quantitative estimate of drug-likeness (QED) is 0.899. The lowest BCUT2D eigenvalue weighted by atomic mass is 10.0. The van der Waals surface area contributed by atoms with Crippen molar-refractivity contribution in [2.24, 2.45) is 0 Å². The summed E-state index contributed by atoms with van der Waals surface area (Å²) in [6.07, 6.45) is 0. The Labute approximate surface area is 125 Å². The molecule has 1 aromatic carbocycles. The Morgan fingerprint density at radius 2 is 2.00 bits per heavy atom. The van der Waals surface area contributed by atoms with Gasteiger partial charge in [0.05, 0.1) is 6.54 Å². The van der Waals surface area contributed by atoms with Crippen molar-refractivity contribution < 1.29 is 9.59 Å². The van der Waals surface area contributed by atoms with Gasteiger partial charge < -0.3 is 5.32 Å². The van der Waals surface area contributed by atoms with Crippen LogP contribution < -0.4 is 5.32 Å². The van der Waals surface area contributed by atoms with Crippen molar-refractivity contribution in [3.63, 3.8) is 0 Å². The molecule has 1 aliphatic rings. The molecule has 1 heterocycles. The van der Waals surface area contributed by atoms with E-state index in [1.54, 1.807) is 0 Å². The van der Waals surface area contributed by atoms with Crippen LogP contribution in [0.1, 0.15) is 30.9 Å². The van der Waals surface area contributed by atoms with Gasteiger partial charge in [-0.25, -0.2) is 4.79 Å². The SMILES string of the molecule is CC(C)c1ccc(CN(C)CC(=O)N2CCNC2=O)cc1. The molecule has 5 nitrogen and oxygen atoms in total. The highest BCUT2D eigenvalue weighted by Crippen LogP contribution is 2.15. The lowest BCUT2D eigenvalue weighted by Crippen LogP contribution is -2.40. The molecule has 0 unspecified atom stereocenters. The van der Waals surface area contributed by atoms with Crippen LogP contribution in [0.15, 0.2) is 24.3 Å². The third-order valence-corrected chi connectivity index (χ3v) is 3.66. The molecule has 0 saturated carbocycles. The van der Waals surface area contributed by atoms with Crippen LogP contribution in [0.25, 0.3) is 0 Å². The molecule has 21 heavy (non-hydrogen) atoms. The Bertz CT molecular complexity index is 511. The Balaban J connectivity index is 1.87. The van der Waals surface area contributed by atoms with Crippen LogP contribution in [0.4, 0.5) is 4.79 Å². The van der Waals surface area contributed by atoms with Crippen LogP contribution in [0.5, 0.6) is 0 Å². The maximum Gasteiger partial charge on any atom is 0.324 e. The predicted molar refractivity (Wildman–Crippen MR) is 82.0 cm³/mol. The van der Waals surface area contributed by atoms with Crippen LogP contribution in [0.2, 0.25) is 0 Å². The summed E-state index contributed by atoms with van der Waals surface area (Å²) in [5.41, 5.74) is 2.48. The molecular formula is C16H23N3O2. The maximum absolute atomic E-state index is 12.0. The lowest BCUT2D eigenvalue weighted by molar-refractivity contribution is -0.128. The molecule has 0 atom stereocenters. The topological polar surface area (TPSA) is 52.7 Å². The minimum absolute atomic E-state index is 0.147. The van der Waals surface area contributed by atoms with Crippen molar-refractivity contribution in [1.82, 2.24) is 15.1 Å². The molecule has 0 aliphatic carbocycles. The molecule has 0 radical (unpaired) electrons. The average molecular weight is 289 g/mol. The van der Waals surface area contributed by atoms with Crippen molar-refractivity contribution in [2.45, 2.75) is 26.3 Å². The predicted octanol–water partition coefficient (Wildman–Crippen LogP) is 1.79. The number of nitrogens with zero attached hydrogens (tertiary/aromatic N) is 2. The summed E-state index contributed by atoms with van der Waals surface area (Å²) in [6.45, 7) is 6.29. The largest absolute Gasteiger partial charge is 0.336 e. The standard InChI is InChI=1S/C16H23N3O2/c1-12(2)14-6-4-13(5-7-14)10-18(3)11-15(20)19-9-8-17-16(19)21/h4-7,12H,8-11H2,1-3H3,(H,17,21). The second-order valence-corrected chi connectivity index (χ2v) is 5.85. The Kier molecular flexibility index (Phi) is 4.96. The first-order valence-electron chi connectivity index (χ1n) is 7.33. The van der Waals surface area contributed by atoms with Crippen LogP contribution in [-0.2, 0) is 11.3 Å². The summed E-state index contributed by atoms with van der Waals surface area (Å²) in [4.78, 5) is 26.7. The second kappa shape index (κ2) is 6.72. The van der Waals surface area contributed by atoms with Crippen molar-refractivity contribution >= 4 is 11.9 Å². The number of amides is 3. The van der Waals surface area contributed by atoms with E-state index in [-0.39, 0.29) is 18.5 Å². The normalized spacial score (nSPS) is 14.9. The van der Waals surface area contributed by atoms with E-state index in [4.69, 9.17) is 0 Å². The third kappa shape index (κ3) is 4.04. The van der Waals surface area contributed by atoms with Gasteiger partial charge in [0.25, 0.3) is 0 Å². The highest BCUT2D eigenvalue weighted by molar-refractivity contribution is 5.96. The Morgan fingerprint density at radius 1 is 1.33 bits per heavy atom. The highest BCUT2D eigenvalue weighted by Gasteiger charge is 2.26. The van der Waals surface area contributed by atoms with E-state index in [0.717, 1.165) is 0 Å². The van der Waals surface area contributed by atoms with Gasteiger partial charge in [0.15, 0.2) is 0 Å². The van der Waals surface area contributed by atoms with Crippen LogP contribution >= 0.6 is 0 Å². The fourth-order valence-corrected chi connectivity index (χ4v) is 2.40. The molecule has 1 aliphatic heterocycles. The van der Waals surface area contributed by atoms with Gasteiger partial charge in [-0.05, 0) is 24.1 Å². The van der Waals surface area contributed by atoms with E-state index in [2.05, 4.69) is 43.4 Å². The van der Waals surface area contributed by atoms with Crippen LogP contribution in [0, 0.1) is 0 Å². The molecule has 114 valence electrons. The summed E-state index contributed by atoms with van der Waals surface area (Å²) in [5.74, 6) is 0.373. The molecule has 1 fully saturated rings. The maximum atomic E-state index is 12.0. The van der Waals surface area contributed by atoms with Gasteiger partial charge in [0.1, 0.15) is 0 Å². The zero-order valence-corrected chi connectivity index (χ0v) is 12.9. The number of hydrogen-bond acceptors (Lipinski definition) is 3. The average Bonchev–Trinajstić information content (AvgIpc) is 2.85. The number of rotatable bonds is 5. The molecule has 1 aromatic rings. The number of carbonyl (C=O) groups is 2. The number of nitrogens with one attached hydrogen (secondary N) is 1. The smallest absolute Gasteiger partial charge is 0.324 e. The summed E-state index contributed by atoms with van der Waals surface area (Å²) in [6, 6.07) is 8.17. The molecule has 0 aromatic heterocycles. The number of likely N-dealkylation sites (N-methyl/N-ethyl adjacent to an activating group) is 1. The summed E-state index contributed by atoms with van der Waals surface area (Å²) in [7, 11) is 1.89. The van der Waals surface area contributed by atoms with Crippen LogP contribution in [0.3, 0.4) is 0 Å². The minimum Gasteiger partial charge on any atom is -0.336 e. The molecule has 3 amide bonds. The summed E-state index contributed by atoms with van der Waals surface area (Å²) >= 11 is 0. The number of imide groups is 1. The monoisotopic (exact) mass is 289 g/mol. The molecule has 0 bridgehead atoms. The van der Waals surface area contributed by atoms with E-state index in [0.29, 0.717) is 25.6 Å². The van der Waals surface area contributed by atoms with E-state index in [1.165, 1.54) is 16.0 Å². The van der Waals surface area contributed by atoms with Crippen molar-refractivity contribution in [3.05, 3.63) is 35.4 Å². The highest BCUT2D eigenvalue weighted by atomic mass is 16.2. The summed E-state index contributed by atoms with van der Waals surface area (Å²) < 4.78 is 0. The molecule has 2 rings (SSSR count). The number of urea groups is 1. The Hall–Kier alpha value is -1.88. The van der Waals surface area contributed by atoms with Gasteiger partial charge in [-0.3, -0.25) is 14.6 Å². The van der Waals surface area contributed by atoms with Crippen molar-refractivity contribution in [1.29, 1.82) is 0 Å². The summed E-state index contributed by atoms with van der Waals surface area (Å²) in [5, 5.41) is 2.64. The first-order valence-corrected chi connectivity index (χ1v) is 7.33. The Morgan fingerprint density at radius 3 is 2.52 bits per heavy atom. The van der Waals surface area contributed by atoms with E-state index in [9.17, 15) is 9.59 Å². The van der Waals surface area contributed by atoms with Gasteiger partial charge in [0, 0.05) is 19.6 Å². The van der Waals surface area contributed by atoms with Gasteiger partial charge >= 0.3 is 6.03 Å². The van der Waals surface area contributed by atoms with Crippen molar-refractivity contribution in [3.8, 4) is 0 Å². The van der Waals surface area contributed by atoms with Crippen LogP contribution in [-0.4, -0.2) is 48.4 Å². The molecule has 0 spiro atoms. The second-order valence-electron chi connectivity index (χ2n) is 5.85. The van der Waals surface area contributed by atoms with E-state index < -0.39 is 0 Å². The molecule has 1 N–H and O–H groups in total. The third-order valence-electron chi connectivity index (χ3n) is 3.66. The minimum atomic E-state index is -0.283. The fourth-order valence-electron chi connectivity index (χ4n) is 2.40. The van der Waals surface area contributed by atoms with Gasteiger partial charge in [0.2, 0.25) is 5.91 Å². The fraction of sp³-hybridized carbons (Fsp3) is 0.500. The van der Waals surface area contributed by atoms with E-state index >= 15 is 0 Å². The zero-order chi connectivity index (χ0) is 15.4. The van der Waals surface area contributed by atoms with Crippen molar-refractivity contribution in [2.75, 3.05) is 26.7 Å². The number of benzene rings is 1. The zero-order valence-electron chi connectivity index (χ0n) is 12.9. The first-order chi connectivity index (χ1) is 9.97. The molecule has 5 heteroatoms. The van der Waals surface area contributed by atoms with E-state index in [1.807, 2.05) is 11.9 Å². The lowest BCUT2D eigenvalue weighted by Gasteiger charge is -2.19. The van der Waals surface area contributed by atoms with Gasteiger partial charge in [-0.1, -0.05) is 38.1 Å². The first kappa shape index (κ1) is 15.5. The van der Waals surface area contributed by atoms with Gasteiger partial charge in [-0.15, -0.1) is 0 Å².